The van der Waals surface area contributed by atoms with E-state index < -0.39 is 0 Å². The molecule has 1 aliphatic heterocycles. The van der Waals surface area contributed by atoms with E-state index in [1.54, 1.807) is 0 Å². The molecule has 0 unspecified atom stereocenters. The van der Waals surface area contributed by atoms with Crippen molar-refractivity contribution in [3.8, 4) is 0 Å². The molecule has 0 fully saturated rings. The molecule has 0 saturated heterocycles. The standard InChI is InChI=1S/C21H26N6S/c1-4-27-21(22-23-24-27)15-16-10-11-20-18(14-16)26(13-7-12-25(2)3)17-8-5-6-9-19(17)28-20/h5-6,8-11,14H,4,7,12-13,15H2,1-3H3. The summed E-state index contributed by atoms with van der Waals surface area (Å²) in [5.41, 5.74) is 3.82. The summed E-state index contributed by atoms with van der Waals surface area (Å²) in [4.78, 5) is 7.34. The zero-order chi connectivity index (χ0) is 19.5. The minimum Gasteiger partial charge on any atom is -0.340 e. The van der Waals surface area contributed by atoms with Gasteiger partial charge in [0.2, 0.25) is 0 Å². The van der Waals surface area contributed by atoms with Crippen molar-refractivity contribution in [2.75, 3.05) is 32.1 Å². The van der Waals surface area contributed by atoms with Crippen LogP contribution in [0.2, 0.25) is 0 Å². The molecule has 0 saturated carbocycles. The van der Waals surface area contributed by atoms with Gasteiger partial charge < -0.3 is 9.80 Å². The Morgan fingerprint density at radius 2 is 1.86 bits per heavy atom. The summed E-state index contributed by atoms with van der Waals surface area (Å²) in [6.07, 6.45) is 1.86. The first-order chi connectivity index (χ1) is 13.7. The van der Waals surface area contributed by atoms with Gasteiger partial charge in [0.25, 0.3) is 0 Å². The summed E-state index contributed by atoms with van der Waals surface area (Å²) in [5, 5.41) is 12.1. The molecule has 0 aliphatic carbocycles. The molecule has 0 atom stereocenters. The van der Waals surface area contributed by atoms with Crippen LogP contribution < -0.4 is 4.90 Å². The Kier molecular flexibility index (Phi) is 5.64. The van der Waals surface area contributed by atoms with Gasteiger partial charge in [-0.25, -0.2) is 4.68 Å². The lowest BCUT2D eigenvalue weighted by molar-refractivity contribution is 0.402. The van der Waals surface area contributed by atoms with Crippen molar-refractivity contribution in [2.45, 2.75) is 36.1 Å². The lowest BCUT2D eigenvalue weighted by atomic mass is 10.1. The van der Waals surface area contributed by atoms with E-state index in [4.69, 9.17) is 0 Å². The van der Waals surface area contributed by atoms with Gasteiger partial charge >= 0.3 is 0 Å². The third-order valence-corrected chi connectivity index (χ3v) is 6.08. The molecule has 1 aliphatic rings. The van der Waals surface area contributed by atoms with E-state index in [2.05, 4.69) is 88.8 Å². The molecule has 6 nitrogen and oxygen atoms in total. The molecule has 3 aromatic rings. The second kappa shape index (κ2) is 8.32. The number of fused-ring (bicyclic) bond motifs is 2. The van der Waals surface area contributed by atoms with Gasteiger partial charge in [-0.2, -0.15) is 0 Å². The normalized spacial score (nSPS) is 12.9. The zero-order valence-corrected chi connectivity index (χ0v) is 17.5. The van der Waals surface area contributed by atoms with Gasteiger partial charge in [-0.15, -0.1) is 5.10 Å². The van der Waals surface area contributed by atoms with Gasteiger partial charge in [0, 0.05) is 29.3 Å². The number of nitrogens with zero attached hydrogens (tertiary/aromatic N) is 6. The highest BCUT2D eigenvalue weighted by atomic mass is 32.2. The molecule has 146 valence electrons. The van der Waals surface area contributed by atoms with Crippen LogP contribution in [0.15, 0.2) is 52.3 Å². The van der Waals surface area contributed by atoms with E-state index in [-0.39, 0.29) is 0 Å². The van der Waals surface area contributed by atoms with Gasteiger partial charge in [0.15, 0.2) is 5.82 Å². The van der Waals surface area contributed by atoms with Crippen LogP contribution in [-0.2, 0) is 13.0 Å². The SMILES string of the molecule is CCn1nnnc1Cc1ccc2c(c1)N(CCCN(C)C)c1ccccc1S2. The first-order valence-electron chi connectivity index (χ1n) is 9.73. The molecule has 2 heterocycles. The topological polar surface area (TPSA) is 50.1 Å². The Balaban J connectivity index is 1.65. The maximum atomic E-state index is 4.20. The summed E-state index contributed by atoms with van der Waals surface area (Å²) in [5.74, 6) is 0.908. The summed E-state index contributed by atoms with van der Waals surface area (Å²) in [7, 11) is 4.26. The third-order valence-electron chi connectivity index (χ3n) is 4.94. The van der Waals surface area contributed by atoms with Crippen LogP contribution in [-0.4, -0.2) is 52.3 Å². The number of hydrogen-bond donors (Lipinski definition) is 0. The Bertz CT molecular complexity index is 952. The monoisotopic (exact) mass is 394 g/mol. The second-order valence-electron chi connectivity index (χ2n) is 7.27. The number of aryl methyl sites for hydroxylation is 1. The molecule has 0 radical (unpaired) electrons. The number of tetrazole rings is 1. The Morgan fingerprint density at radius 3 is 2.68 bits per heavy atom. The van der Waals surface area contributed by atoms with Gasteiger partial charge in [-0.3, -0.25) is 0 Å². The van der Waals surface area contributed by atoms with Gasteiger partial charge in [-0.1, -0.05) is 30.0 Å². The number of anilines is 2. The van der Waals surface area contributed by atoms with E-state index in [0.717, 1.165) is 38.3 Å². The molecule has 0 spiro atoms. The van der Waals surface area contributed by atoms with Crippen LogP contribution in [0, 0.1) is 0 Å². The largest absolute Gasteiger partial charge is 0.340 e. The number of para-hydroxylation sites is 1. The summed E-state index contributed by atoms with van der Waals surface area (Å²) in [6, 6.07) is 15.4. The average molecular weight is 395 g/mol. The fourth-order valence-electron chi connectivity index (χ4n) is 3.55. The molecule has 4 rings (SSSR count). The predicted octanol–water partition coefficient (Wildman–Crippen LogP) is 3.84. The average Bonchev–Trinajstić information content (AvgIpc) is 3.14. The number of benzene rings is 2. The molecule has 0 bridgehead atoms. The molecular formula is C21H26N6S. The van der Waals surface area contributed by atoms with E-state index in [1.807, 2.05) is 16.4 Å². The van der Waals surface area contributed by atoms with Crippen LogP contribution in [0.1, 0.15) is 24.7 Å². The minimum absolute atomic E-state index is 0.742. The van der Waals surface area contributed by atoms with Crippen molar-refractivity contribution in [1.82, 2.24) is 25.1 Å². The van der Waals surface area contributed by atoms with E-state index in [1.165, 1.54) is 26.7 Å². The second-order valence-corrected chi connectivity index (χ2v) is 8.35. The van der Waals surface area contributed by atoms with Gasteiger partial charge in [0.05, 0.1) is 11.4 Å². The molecule has 28 heavy (non-hydrogen) atoms. The van der Waals surface area contributed by atoms with E-state index >= 15 is 0 Å². The first-order valence-corrected chi connectivity index (χ1v) is 10.5. The first kappa shape index (κ1) is 19.0. The van der Waals surface area contributed by atoms with Crippen molar-refractivity contribution in [1.29, 1.82) is 0 Å². The number of rotatable bonds is 7. The Hall–Kier alpha value is -2.38. The lowest BCUT2D eigenvalue weighted by Crippen LogP contribution is -2.25. The van der Waals surface area contributed by atoms with E-state index in [9.17, 15) is 0 Å². The van der Waals surface area contributed by atoms with Crippen LogP contribution >= 0.6 is 11.8 Å². The molecular weight excluding hydrogens is 368 g/mol. The number of hydrogen-bond acceptors (Lipinski definition) is 6. The molecule has 0 N–H and O–H groups in total. The highest BCUT2D eigenvalue weighted by molar-refractivity contribution is 7.99. The lowest BCUT2D eigenvalue weighted by Gasteiger charge is -2.33. The van der Waals surface area contributed by atoms with Crippen LogP contribution in [0.5, 0.6) is 0 Å². The summed E-state index contributed by atoms with van der Waals surface area (Å²) < 4.78 is 1.86. The molecule has 2 aromatic carbocycles. The summed E-state index contributed by atoms with van der Waals surface area (Å²) in [6.45, 7) is 4.92. The fraction of sp³-hybridized carbons (Fsp3) is 0.381. The van der Waals surface area contributed by atoms with Crippen molar-refractivity contribution >= 4 is 23.1 Å². The van der Waals surface area contributed by atoms with Crippen LogP contribution in [0.25, 0.3) is 0 Å². The molecule has 0 amide bonds. The maximum Gasteiger partial charge on any atom is 0.155 e. The summed E-state index contributed by atoms with van der Waals surface area (Å²) >= 11 is 1.85. The van der Waals surface area contributed by atoms with E-state index in [0.29, 0.717) is 0 Å². The highest BCUT2D eigenvalue weighted by Gasteiger charge is 2.23. The molecule has 1 aromatic heterocycles. The Morgan fingerprint density at radius 1 is 1.04 bits per heavy atom. The minimum atomic E-state index is 0.742. The van der Waals surface area contributed by atoms with Gasteiger partial charge in [-0.05, 0) is 74.2 Å². The predicted molar refractivity (Wildman–Crippen MR) is 113 cm³/mol. The zero-order valence-electron chi connectivity index (χ0n) is 16.7. The van der Waals surface area contributed by atoms with Crippen molar-refractivity contribution in [3.05, 3.63) is 53.9 Å². The van der Waals surface area contributed by atoms with Crippen molar-refractivity contribution in [3.63, 3.8) is 0 Å². The van der Waals surface area contributed by atoms with Crippen molar-refractivity contribution < 1.29 is 0 Å². The number of aromatic nitrogens is 4. The fourth-order valence-corrected chi connectivity index (χ4v) is 4.63. The third kappa shape index (κ3) is 3.91. The quantitative estimate of drug-likeness (QED) is 0.607. The Labute approximate surface area is 170 Å². The maximum absolute atomic E-state index is 4.20. The van der Waals surface area contributed by atoms with Gasteiger partial charge in [0.1, 0.15) is 0 Å². The van der Waals surface area contributed by atoms with Crippen LogP contribution in [0.4, 0.5) is 11.4 Å². The highest BCUT2D eigenvalue weighted by Crippen LogP contribution is 2.48. The van der Waals surface area contributed by atoms with Crippen molar-refractivity contribution in [2.24, 2.45) is 0 Å². The smallest absolute Gasteiger partial charge is 0.155 e. The van der Waals surface area contributed by atoms with Crippen LogP contribution in [0.3, 0.4) is 0 Å². The molecule has 7 heteroatoms.